The highest BCUT2D eigenvalue weighted by Crippen LogP contribution is 2.32. The first kappa shape index (κ1) is 21.2. The van der Waals surface area contributed by atoms with Crippen LogP contribution in [0.15, 0.2) is 48.5 Å². The van der Waals surface area contributed by atoms with Gasteiger partial charge in [0.1, 0.15) is 17.5 Å². The van der Waals surface area contributed by atoms with Crippen LogP contribution < -0.4 is 20.9 Å². The van der Waals surface area contributed by atoms with E-state index in [2.05, 4.69) is 25.9 Å². The molecule has 9 heteroatoms. The number of carbonyl (C=O) groups is 2. The molecule has 4 rings (SSSR count). The monoisotopic (exact) mass is 434 g/mol. The maximum Gasteiger partial charge on any atom is 0.255 e. The van der Waals surface area contributed by atoms with Crippen molar-refractivity contribution >= 4 is 35.0 Å². The first-order valence-corrected chi connectivity index (χ1v) is 10.1. The maximum absolute atomic E-state index is 13.0. The predicted molar refractivity (Wildman–Crippen MR) is 121 cm³/mol. The molecule has 32 heavy (non-hydrogen) atoms. The normalized spacial score (nSPS) is 15.1. The molecule has 164 valence electrons. The Labute approximate surface area is 184 Å². The summed E-state index contributed by atoms with van der Waals surface area (Å²) in [6.07, 6.45) is 0. The van der Waals surface area contributed by atoms with E-state index in [4.69, 9.17) is 0 Å². The molecular weight excluding hydrogens is 411 g/mol. The fourth-order valence-corrected chi connectivity index (χ4v) is 3.32. The smallest absolute Gasteiger partial charge is 0.255 e. The third-order valence-corrected chi connectivity index (χ3v) is 5.38. The van der Waals surface area contributed by atoms with Crippen LogP contribution in [0.3, 0.4) is 0 Å². The molecule has 2 aromatic carbocycles. The molecule has 2 amide bonds. The van der Waals surface area contributed by atoms with Gasteiger partial charge < -0.3 is 20.9 Å². The third-order valence-electron chi connectivity index (χ3n) is 5.38. The number of nitrogens with one attached hydrogen (secondary N) is 3. The number of benzene rings is 2. The summed E-state index contributed by atoms with van der Waals surface area (Å²) < 4.78 is 13.0. The molecule has 1 aromatic heterocycles. The second-order valence-electron chi connectivity index (χ2n) is 7.62. The molecule has 1 aliphatic heterocycles. The molecule has 0 aliphatic carbocycles. The van der Waals surface area contributed by atoms with E-state index < -0.39 is 0 Å². The minimum atomic E-state index is -0.387. The Morgan fingerprint density at radius 2 is 1.81 bits per heavy atom. The largest absolute Gasteiger partial charge is 0.350 e. The van der Waals surface area contributed by atoms with Gasteiger partial charge in [-0.3, -0.25) is 9.59 Å². The van der Waals surface area contributed by atoms with Gasteiger partial charge in [-0.15, -0.1) is 0 Å². The van der Waals surface area contributed by atoms with Crippen molar-refractivity contribution in [3.05, 3.63) is 71.2 Å². The van der Waals surface area contributed by atoms with Crippen LogP contribution >= 0.6 is 0 Å². The van der Waals surface area contributed by atoms with E-state index >= 15 is 0 Å². The Balaban J connectivity index is 1.40. The van der Waals surface area contributed by atoms with Crippen LogP contribution in [-0.4, -0.2) is 34.9 Å². The summed E-state index contributed by atoms with van der Waals surface area (Å²) in [5, 5.41) is 8.85. The number of amides is 2. The van der Waals surface area contributed by atoms with Gasteiger partial charge in [-0.25, -0.2) is 9.37 Å². The average molecular weight is 434 g/mol. The zero-order valence-corrected chi connectivity index (χ0v) is 17.9. The topological polar surface area (TPSA) is 99.2 Å². The Morgan fingerprint density at radius 1 is 1.12 bits per heavy atom. The van der Waals surface area contributed by atoms with E-state index in [9.17, 15) is 14.0 Å². The number of carbonyl (C=O) groups excluding carboxylic acids is 2. The van der Waals surface area contributed by atoms with Gasteiger partial charge in [0.15, 0.2) is 5.82 Å². The zero-order valence-electron chi connectivity index (χ0n) is 17.9. The molecule has 0 fully saturated rings. The van der Waals surface area contributed by atoms with Crippen LogP contribution in [0.25, 0.3) is 0 Å². The minimum Gasteiger partial charge on any atom is -0.350 e. The number of aryl methyl sites for hydroxylation is 1. The molecule has 1 atom stereocenters. The molecule has 0 saturated carbocycles. The first-order valence-electron chi connectivity index (χ1n) is 10.1. The summed E-state index contributed by atoms with van der Waals surface area (Å²) in [5.74, 6) is 0.358. The summed E-state index contributed by atoms with van der Waals surface area (Å²) in [5.41, 5.74) is 3.30. The van der Waals surface area contributed by atoms with Crippen molar-refractivity contribution in [2.45, 2.75) is 26.4 Å². The van der Waals surface area contributed by atoms with Crippen molar-refractivity contribution in [3.8, 4) is 0 Å². The second kappa shape index (κ2) is 8.62. The number of aromatic nitrogens is 2. The summed E-state index contributed by atoms with van der Waals surface area (Å²) >= 11 is 0. The van der Waals surface area contributed by atoms with Crippen LogP contribution in [0, 0.1) is 12.7 Å². The molecule has 3 aromatic rings. The van der Waals surface area contributed by atoms with Gasteiger partial charge >= 0.3 is 0 Å². The molecule has 3 N–H and O–H groups in total. The van der Waals surface area contributed by atoms with Crippen molar-refractivity contribution < 1.29 is 14.0 Å². The lowest BCUT2D eigenvalue weighted by molar-refractivity contribution is -0.117. The van der Waals surface area contributed by atoms with Crippen molar-refractivity contribution in [1.29, 1.82) is 0 Å². The molecule has 1 unspecified atom stereocenters. The maximum atomic E-state index is 13.0. The number of halogens is 1. The van der Waals surface area contributed by atoms with Crippen LogP contribution in [0.5, 0.6) is 0 Å². The number of rotatable bonds is 5. The number of hydrogen-bond acceptors (Lipinski definition) is 6. The highest BCUT2D eigenvalue weighted by atomic mass is 19.1. The van der Waals surface area contributed by atoms with Gasteiger partial charge in [-0.1, -0.05) is 12.1 Å². The molecular formula is C23H23FN6O2. The molecule has 1 aliphatic rings. The Hall–Kier alpha value is -4.01. The van der Waals surface area contributed by atoms with Crippen LogP contribution in [0.1, 0.15) is 28.5 Å². The Bertz CT molecular complexity index is 1160. The lowest BCUT2D eigenvalue weighted by Crippen LogP contribution is -2.44. The highest BCUT2D eigenvalue weighted by molar-refractivity contribution is 6.04. The van der Waals surface area contributed by atoms with Crippen LogP contribution in [0.4, 0.5) is 27.5 Å². The summed E-state index contributed by atoms with van der Waals surface area (Å²) in [7, 11) is 1.83. The number of hydrogen-bond donors (Lipinski definition) is 3. The molecule has 2 heterocycles. The van der Waals surface area contributed by atoms with Crippen molar-refractivity contribution in [1.82, 2.24) is 9.97 Å². The van der Waals surface area contributed by atoms with Crippen LogP contribution in [-0.2, 0) is 11.3 Å². The lowest BCUT2D eigenvalue weighted by atomic mass is 10.1. The zero-order chi connectivity index (χ0) is 22.8. The fraction of sp³-hybridized carbons (Fsp3) is 0.217. The van der Waals surface area contributed by atoms with Gasteiger partial charge in [0.2, 0.25) is 11.9 Å². The molecule has 0 radical (unpaired) electrons. The summed E-state index contributed by atoms with van der Waals surface area (Å²) in [6.45, 7) is 4.13. The van der Waals surface area contributed by atoms with Gasteiger partial charge in [0.25, 0.3) is 5.91 Å². The van der Waals surface area contributed by atoms with E-state index in [0.29, 0.717) is 40.9 Å². The second-order valence-corrected chi connectivity index (χ2v) is 7.62. The SMILES string of the molecule is Cc1nc(NCc2ccc(NC(=O)c3ccc(F)cc3)cc2)nc2c1NC(=O)C(C)N2C. The van der Waals surface area contributed by atoms with E-state index in [-0.39, 0.29) is 23.7 Å². The first-order chi connectivity index (χ1) is 15.3. The standard InChI is InChI=1S/C23H23FN6O2/c1-13-19-20(30(3)14(2)21(31)28-19)29-23(26-13)25-12-15-4-10-18(11-5-15)27-22(32)16-6-8-17(24)9-7-16/h4-11,14H,12H2,1-3H3,(H,27,32)(H,28,31)(H,25,26,29). The minimum absolute atomic E-state index is 0.0842. The van der Waals surface area contributed by atoms with Crippen molar-refractivity contribution in [2.24, 2.45) is 0 Å². The summed E-state index contributed by atoms with van der Waals surface area (Å²) in [6, 6.07) is 12.4. The van der Waals surface area contributed by atoms with Crippen molar-refractivity contribution in [2.75, 3.05) is 27.9 Å². The van der Waals surface area contributed by atoms with Gasteiger partial charge in [0, 0.05) is 24.8 Å². The highest BCUT2D eigenvalue weighted by Gasteiger charge is 2.30. The predicted octanol–water partition coefficient (Wildman–Crippen LogP) is 3.57. The number of anilines is 4. The number of likely N-dealkylation sites (N-methyl/N-ethyl adjacent to an activating group) is 1. The van der Waals surface area contributed by atoms with Gasteiger partial charge in [0.05, 0.1) is 5.69 Å². The molecule has 0 bridgehead atoms. The molecule has 0 saturated heterocycles. The van der Waals surface area contributed by atoms with Gasteiger partial charge in [-0.05, 0) is 55.8 Å². The summed E-state index contributed by atoms with van der Waals surface area (Å²) in [4.78, 5) is 35.1. The van der Waals surface area contributed by atoms with E-state index in [1.165, 1.54) is 24.3 Å². The fourth-order valence-electron chi connectivity index (χ4n) is 3.32. The van der Waals surface area contributed by atoms with Crippen LogP contribution in [0.2, 0.25) is 0 Å². The van der Waals surface area contributed by atoms with Gasteiger partial charge in [-0.2, -0.15) is 4.98 Å². The van der Waals surface area contributed by atoms with E-state index in [1.54, 1.807) is 12.1 Å². The van der Waals surface area contributed by atoms with E-state index in [1.807, 2.05) is 37.9 Å². The lowest BCUT2D eigenvalue weighted by Gasteiger charge is -2.32. The quantitative estimate of drug-likeness (QED) is 0.568. The number of fused-ring (bicyclic) bond motifs is 1. The molecule has 8 nitrogen and oxygen atoms in total. The average Bonchev–Trinajstić information content (AvgIpc) is 2.78. The Kier molecular flexibility index (Phi) is 5.72. The molecule has 0 spiro atoms. The van der Waals surface area contributed by atoms with Crippen molar-refractivity contribution in [3.63, 3.8) is 0 Å². The van der Waals surface area contributed by atoms with E-state index in [0.717, 1.165) is 5.56 Å². The number of nitrogens with zero attached hydrogens (tertiary/aromatic N) is 3. The third kappa shape index (κ3) is 4.36. The Morgan fingerprint density at radius 3 is 2.50 bits per heavy atom.